The Morgan fingerprint density at radius 2 is 2.11 bits per heavy atom. The third-order valence-electron chi connectivity index (χ3n) is 3.19. The van der Waals surface area contributed by atoms with Crippen molar-refractivity contribution in [3.8, 4) is 0 Å². The van der Waals surface area contributed by atoms with Gasteiger partial charge in [0, 0.05) is 27.2 Å². The first-order valence-electron chi connectivity index (χ1n) is 6.39. The number of rotatable bonds is 5. The summed E-state index contributed by atoms with van der Waals surface area (Å²) in [5.74, 6) is 0. The zero-order valence-corrected chi connectivity index (χ0v) is 12.1. The van der Waals surface area contributed by atoms with Crippen molar-refractivity contribution in [1.29, 1.82) is 0 Å². The topological polar surface area (TPSA) is 58.6 Å². The first-order valence-corrected chi connectivity index (χ1v) is 7.83. The smallest absolute Gasteiger partial charge is 0.244 e. The lowest BCUT2D eigenvalue weighted by Crippen LogP contribution is -2.25. The van der Waals surface area contributed by atoms with E-state index < -0.39 is 10.0 Å². The van der Waals surface area contributed by atoms with Gasteiger partial charge < -0.3 is 10.1 Å². The van der Waals surface area contributed by atoms with Gasteiger partial charge in [-0.2, -0.15) is 0 Å². The molecule has 0 aliphatic carbocycles. The molecule has 0 amide bonds. The normalized spacial score (nSPS) is 19.8. The third kappa shape index (κ3) is 3.26. The summed E-state index contributed by atoms with van der Waals surface area (Å²) in [6.45, 7) is 1.43. The van der Waals surface area contributed by atoms with Crippen LogP contribution in [0, 0.1) is 0 Å². The van der Waals surface area contributed by atoms with Gasteiger partial charge in [0.1, 0.15) is 4.90 Å². The second-order valence-electron chi connectivity index (χ2n) is 4.80. The van der Waals surface area contributed by atoms with Crippen LogP contribution in [0.25, 0.3) is 0 Å². The first-order chi connectivity index (χ1) is 9.01. The molecule has 1 atom stereocenters. The van der Waals surface area contributed by atoms with Crippen LogP contribution in [0.1, 0.15) is 12.8 Å². The van der Waals surface area contributed by atoms with Crippen molar-refractivity contribution >= 4 is 15.7 Å². The fourth-order valence-corrected chi connectivity index (χ4v) is 3.13. The van der Waals surface area contributed by atoms with E-state index in [1.165, 1.54) is 18.4 Å². The molecule has 1 saturated heterocycles. The molecule has 1 N–H and O–H groups in total. The maximum Gasteiger partial charge on any atom is 0.244 e. The van der Waals surface area contributed by atoms with Crippen LogP contribution in [-0.4, -0.2) is 46.1 Å². The van der Waals surface area contributed by atoms with E-state index in [0.29, 0.717) is 17.1 Å². The summed E-state index contributed by atoms with van der Waals surface area (Å²) in [5.41, 5.74) is 0.631. The minimum absolute atomic E-state index is 0.176. The largest absolute Gasteiger partial charge is 0.381 e. The minimum Gasteiger partial charge on any atom is -0.381 e. The molecule has 1 aliphatic heterocycles. The molecule has 1 fully saturated rings. The molecule has 0 radical (unpaired) electrons. The van der Waals surface area contributed by atoms with E-state index in [1.807, 2.05) is 6.07 Å². The lowest BCUT2D eigenvalue weighted by Gasteiger charge is -2.17. The highest BCUT2D eigenvalue weighted by molar-refractivity contribution is 7.89. The molecule has 2 rings (SSSR count). The van der Waals surface area contributed by atoms with Gasteiger partial charge in [0.25, 0.3) is 0 Å². The van der Waals surface area contributed by atoms with Gasteiger partial charge in [0.15, 0.2) is 0 Å². The van der Waals surface area contributed by atoms with Crippen molar-refractivity contribution in [2.24, 2.45) is 0 Å². The lowest BCUT2D eigenvalue weighted by atomic mass is 10.2. The summed E-state index contributed by atoms with van der Waals surface area (Å²) in [6.07, 6.45) is 2.27. The summed E-state index contributed by atoms with van der Waals surface area (Å²) in [6, 6.07) is 6.96. The van der Waals surface area contributed by atoms with E-state index in [-0.39, 0.29) is 6.10 Å². The average Bonchev–Trinajstić information content (AvgIpc) is 2.89. The molecule has 0 saturated carbocycles. The maximum absolute atomic E-state index is 12.2. The number of hydrogen-bond acceptors (Lipinski definition) is 4. The van der Waals surface area contributed by atoms with Gasteiger partial charge in [0.2, 0.25) is 10.0 Å². The summed E-state index contributed by atoms with van der Waals surface area (Å²) in [5, 5.41) is 3.19. The number of sulfonamides is 1. The van der Waals surface area contributed by atoms with Gasteiger partial charge in [-0.1, -0.05) is 12.1 Å². The van der Waals surface area contributed by atoms with E-state index in [2.05, 4.69) is 5.32 Å². The van der Waals surface area contributed by atoms with E-state index in [1.54, 1.807) is 18.2 Å². The number of para-hydroxylation sites is 1. The highest BCUT2D eigenvalue weighted by atomic mass is 32.2. The number of hydrogen-bond donors (Lipinski definition) is 1. The van der Waals surface area contributed by atoms with Gasteiger partial charge in [-0.25, -0.2) is 12.7 Å². The predicted octanol–water partition coefficient (Wildman–Crippen LogP) is 1.53. The van der Waals surface area contributed by atoms with Crippen LogP contribution in [0.15, 0.2) is 29.2 Å². The van der Waals surface area contributed by atoms with Crippen molar-refractivity contribution in [2.75, 3.05) is 32.6 Å². The molecule has 1 heterocycles. The molecule has 1 aromatic carbocycles. The summed E-state index contributed by atoms with van der Waals surface area (Å²) in [7, 11) is -0.355. The van der Waals surface area contributed by atoms with Crippen LogP contribution in [0.2, 0.25) is 0 Å². The zero-order valence-electron chi connectivity index (χ0n) is 11.3. The van der Waals surface area contributed by atoms with E-state index in [9.17, 15) is 8.42 Å². The van der Waals surface area contributed by atoms with Gasteiger partial charge in [-0.05, 0) is 25.0 Å². The van der Waals surface area contributed by atoms with Gasteiger partial charge in [-0.3, -0.25) is 0 Å². The quantitative estimate of drug-likeness (QED) is 0.891. The van der Waals surface area contributed by atoms with Crippen molar-refractivity contribution in [3.63, 3.8) is 0 Å². The van der Waals surface area contributed by atoms with Crippen LogP contribution >= 0.6 is 0 Å². The van der Waals surface area contributed by atoms with Crippen molar-refractivity contribution in [1.82, 2.24) is 4.31 Å². The predicted molar refractivity (Wildman–Crippen MR) is 74.8 cm³/mol. The van der Waals surface area contributed by atoms with Crippen LogP contribution < -0.4 is 5.32 Å². The molecule has 0 aromatic heterocycles. The molecule has 106 valence electrons. The van der Waals surface area contributed by atoms with Crippen molar-refractivity contribution in [3.05, 3.63) is 24.3 Å². The maximum atomic E-state index is 12.2. The van der Waals surface area contributed by atoms with Crippen LogP contribution in [0.4, 0.5) is 5.69 Å². The van der Waals surface area contributed by atoms with Gasteiger partial charge >= 0.3 is 0 Å². The second-order valence-corrected chi connectivity index (χ2v) is 6.92. The Bertz CT molecular complexity index is 522. The highest BCUT2D eigenvalue weighted by Gasteiger charge is 2.22. The fourth-order valence-electron chi connectivity index (χ4n) is 2.06. The van der Waals surface area contributed by atoms with Gasteiger partial charge in [-0.15, -0.1) is 0 Å². The molecule has 6 heteroatoms. The number of nitrogens with one attached hydrogen (secondary N) is 1. The molecule has 1 aromatic rings. The zero-order chi connectivity index (χ0) is 13.9. The molecule has 0 bridgehead atoms. The minimum atomic E-state index is -3.42. The molecule has 1 aliphatic rings. The fraction of sp³-hybridized carbons (Fsp3) is 0.538. The summed E-state index contributed by atoms with van der Waals surface area (Å²) >= 11 is 0. The second kappa shape index (κ2) is 5.90. The van der Waals surface area contributed by atoms with Crippen molar-refractivity contribution in [2.45, 2.75) is 23.8 Å². The first kappa shape index (κ1) is 14.3. The Balaban J connectivity index is 2.16. The van der Waals surface area contributed by atoms with Crippen LogP contribution in [-0.2, 0) is 14.8 Å². The Labute approximate surface area is 114 Å². The number of nitrogens with zero attached hydrogens (tertiary/aromatic N) is 1. The number of benzene rings is 1. The molecule has 19 heavy (non-hydrogen) atoms. The third-order valence-corrected chi connectivity index (χ3v) is 5.06. The Morgan fingerprint density at radius 1 is 1.37 bits per heavy atom. The van der Waals surface area contributed by atoms with Crippen molar-refractivity contribution < 1.29 is 13.2 Å². The SMILES string of the molecule is CN(C)S(=O)(=O)c1ccccc1NCC1CCCO1. The monoisotopic (exact) mass is 284 g/mol. The standard InChI is InChI=1S/C13H20N2O3S/c1-15(2)19(16,17)13-8-4-3-7-12(13)14-10-11-6-5-9-18-11/h3-4,7-8,11,14H,5-6,9-10H2,1-2H3. The number of anilines is 1. The van der Waals surface area contributed by atoms with E-state index in [4.69, 9.17) is 4.74 Å². The highest BCUT2D eigenvalue weighted by Crippen LogP contribution is 2.23. The molecular weight excluding hydrogens is 264 g/mol. The Hall–Kier alpha value is -1.11. The molecule has 1 unspecified atom stereocenters. The number of ether oxygens (including phenoxy) is 1. The van der Waals surface area contributed by atoms with E-state index >= 15 is 0 Å². The summed E-state index contributed by atoms with van der Waals surface area (Å²) < 4.78 is 31.2. The lowest BCUT2D eigenvalue weighted by molar-refractivity contribution is 0.120. The van der Waals surface area contributed by atoms with Gasteiger partial charge in [0.05, 0.1) is 11.8 Å². The van der Waals surface area contributed by atoms with Crippen LogP contribution in [0.3, 0.4) is 0 Å². The Morgan fingerprint density at radius 3 is 2.74 bits per heavy atom. The molecule has 5 nitrogen and oxygen atoms in total. The van der Waals surface area contributed by atoms with E-state index in [0.717, 1.165) is 19.4 Å². The molecule has 0 spiro atoms. The summed E-state index contributed by atoms with van der Waals surface area (Å²) in [4.78, 5) is 0.304. The Kier molecular flexibility index (Phi) is 4.44. The van der Waals surface area contributed by atoms with Crippen LogP contribution in [0.5, 0.6) is 0 Å². The average molecular weight is 284 g/mol. The molecular formula is C13H20N2O3S.